The minimum Gasteiger partial charge on any atom is -0.652 e. The van der Waals surface area contributed by atoms with E-state index in [1.807, 2.05) is 38.0 Å². The van der Waals surface area contributed by atoms with Crippen LogP contribution in [0, 0.1) is 17.8 Å². The molecule has 0 amide bonds. The van der Waals surface area contributed by atoms with Crippen molar-refractivity contribution in [3.63, 3.8) is 0 Å². The van der Waals surface area contributed by atoms with E-state index in [0.717, 1.165) is 32.4 Å². The van der Waals surface area contributed by atoms with E-state index in [1.165, 1.54) is 0 Å². The molecule has 0 spiro atoms. The first-order valence-corrected chi connectivity index (χ1v) is 13.1. The summed E-state index contributed by atoms with van der Waals surface area (Å²) in [4.78, 5) is 29.2. The maximum Gasteiger partial charge on any atom is 0.503 e. The second-order valence-electron chi connectivity index (χ2n) is 9.57. The van der Waals surface area contributed by atoms with Gasteiger partial charge in [-0.1, -0.05) is 41.5 Å². The molecule has 16 heteroatoms. The molecule has 0 aromatic rings. The Morgan fingerprint density at radius 1 is 0.524 bits per heavy atom. The number of aliphatic hydroxyl groups excluding tert-OH is 5. The van der Waals surface area contributed by atoms with Gasteiger partial charge in [0.15, 0.2) is 0 Å². The van der Waals surface area contributed by atoms with Gasteiger partial charge < -0.3 is 75.6 Å². The molecule has 0 saturated carbocycles. The van der Waals surface area contributed by atoms with Crippen LogP contribution in [0.5, 0.6) is 0 Å². The van der Waals surface area contributed by atoms with Gasteiger partial charge in [0.2, 0.25) is 6.16 Å². The van der Waals surface area contributed by atoms with Crippen molar-refractivity contribution in [2.45, 2.75) is 60.8 Å². The van der Waals surface area contributed by atoms with Crippen molar-refractivity contribution in [2.24, 2.45) is 17.8 Å². The smallest absolute Gasteiger partial charge is 0.503 e. The van der Waals surface area contributed by atoms with Crippen LogP contribution in [-0.4, -0.2) is 143 Å². The Balaban J connectivity index is -0.0000000528. The maximum absolute atomic E-state index is 8.56. The Morgan fingerprint density at radius 2 is 0.667 bits per heavy atom. The summed E-state index contributed by atoms with van der Waals surface area (Å²) in [7, 11) is 7.71. The molecule has 0 radical (unpaired) electrons. The van der Waals surface area contributed by atoms with E-state index in [0.29, 0.717) is 37.6 Å². The molecule has 0 aromatic carbocycles. The van der Waals surface area contributed by atoms with Crippen LogP contribution in [0.25, 0.3) is 0 Å². The third kappa shape index (κ3) is 319. The highest BCUT2D eigenvalue weighted by Crippen LogP contribution is 1.95. The first-order valence-electron chi connectivity index (χ1n) is 13.1. The van der Waals surface area contributed by atoms with Crippen LogP contribution in [0.1, 0.15) is 60.8 Å². The van der Waals surface area contributed by atoms with Gasteiger partial charge in [0.05, 0.1) is 13.2 Å². The fourth-order valence-corrected chi connectivity index (χ4v) is 1.17. The van der Waals surface area contributed by atoms with Gasteiger partial charge in [-0.15, -0.1) is 0 Å². The first kappa shape index (κ1) is 59.0. The van der Waals surface area contributed by atoms with Crippen LogP contribution in [0.3, 0.4) is 0 Å². The number of nitrogens with zero attached hydrogens (tertiary/aromatic N) is 2. The molecule has 0 rings (SSSR count). The molecule has 0 aliphatic rings. The molecule has 0 heterocycles. The molecule has 0 unspecified atom stereocenters. The maximum atomic E-state index is 8.56. The molecular weight excluding hydrogens is 564 g/mol. The molecule has 0 fully saturated rings. The normalized spacial score (nSPS) is 8.86. The van der Waals surface area contributed by atoms with Crippen molar-refractivity contribution < 1.29 is 70.6 Å². The molecule has 0 atom stereocenters. The number of carbonyl (C=O) groups is 3. The van der Waals surface area contributed by atoms with Crippen LogP contribution in [0.2, 0.25) is 0 Å². The molecule has 8 N–H and O–H groups in total. The average Bonchev–Trinajstić information content (AvgIpc) is 2.74. The lowest BCUT2D eigenvalue weighted by Crippen LogP contribution is -2.37. The van der Waals surface area contributed by atoms with E-state index in [4.69, 9.17) is 70.6 Å². The number of likely N-dealkylation sites (N-methyl/N-ethyl adjacent to an activating group) is 2. The van der Waals surface area contributed by atoms with Gasteiger partial charge in [-0.3, -0.25) is 0 Å². The number of rotatable bonds is 10. The topological polar surface area (TPSA) is 289 Å². The summed E-state index contributed by atoms with van der Waals surface area (Å²) >= 11 is 0. The Bertz CT molecular complexity index is 395. The molecule has 0 bridgehead atoms. The summed E-state index contributed by atoms with van der Waals surface area (Å²) < 4.78 is 0. The molecule has 262 valence electrons. The van der Waals surface area contributed by atoms with E-state index < -0.39 is 18.5 Å². The first-order chi connectivity index (χ1) is 19.0. The van der Waals surface area contributed by atoms with Crippen LogP contribution in [0.4, 0.5) is 14.4 Å². The van der Waals surface area contributed by atoms with Crippen molar-refractivity contribution in [2.75, 3.05) is 74.3 Å². The number of hydrogen-bond acceptors (Lipinski definition) is 13. The highest BCUT2D eigenvalue weighted by molar-refractivity contribution is 5.53. The van der Waals surface area contributed by atoms with Crippen molar-refractivity contribution >= 4 is 18.5 Å². The summed E-state index contributed by atoms with van der Waals surface area (Å²) in [5, 5.41) is 87.0. The third-order valence-corrected chi connectivity index (χ3v) is 3.21. The highest BCUT2D eigenvalue weighted by atomic mass is 16.6. The molecular formula is C26H61N2O14-3. The lowest BCUT2D eigenvalue weighted by atomic mass is 10.2. The van der Waals surface area contributed by atoms with E-state index in [9.17, 15) is 0 Å². The van der Waals surface area contributed by atoms with Crippen molar-refractivity contribution in [3.05, 3.63) is 0 Å². The highest BCUT2D eigenvalue weighted by Gasteiger charge is 1.88. The second kappa shape index (κ2) is 54.6. The van der Waals surface area contributed by atoms with Gasteiger partial charge in [0.1, 0.15) is 0 Å². The minimum atomic E-state index is -2.33. The van der Waals surface area contributed by atoms with Crippen molar-refractivity contribution in [1.82, 2.24) is 9.80 Å². The lowest BCUT2D eigenvalue weighted by Gasteiger charge is -2.03. The second-order valence-corrected chi connectivity index (χ2v) is 9.57. The summed E-state index contributed by atoms with van der Waals surface area (Å²) in [6.45, 7) is 15.6. The zero-order valence-electron chi connectivity index (χ0n) is 27.2. The van der Waals surface area contributed by atoms with Gasteiger partial charge in [-0.25, -0.2) is 4.79 Å². The lowest BCUT2D eigenvalue weighted by molar-refractivity contribution is -0.415. The Kier molecular flexibility index (Phi) is 76.7. The van der Waals surface area contributed by atoms with Crippen molar-refractivity contribution in [3.8, 4) is 0 Å². The third-order valence-electron chi connectivity index (χ3n) is 3.21. The predicted molar refractivity (Wildman–Crippen MR) is 155 cm³/mol. The van der Waals surface area contributed by atoms with E-state index in [-0.39, 0.29) is 13.2 Å². The Labute approximate surface area is 252 Å². The Morgan fingerprint density at radius 3 is 0.667 bits per heavy atom. The zero-order valence-corrected chi connectivity index (χ0v) is 27.2. The number of hydrogen-bond donors (Lipinski definition) is 8. The standard InChI is InChI=1S/3C5H12O.2C4H11NO.3CH2O3/c5*1-5(2)3-4-6;3*2-1(3)4/h3*5-6H,3-4H2,1-2H3;2*6H,3-4H2,1-2H3;3*(H2,2,3,4)/p-3. The number of carboxylic acid groups (broad SMARTS) is 6. The average molecular weight is 626 g/mol. The van der Waals surface area contributed by atoms with Crippen LogP contribution >= 0.6 is 0 Å². The van der Waals surface area contributed by atoms with E-state index in [1.54, 1.807) is 0 Å². The molecule has 42 heavy (non-hydrogen) atoms. The fraction of sp³-hybridized carbons (Fsp3) is 0.885. The minimum absolute atomic E-state index is 0.257. The predicted octanol–water partition coefficient (Wildman–Crippen LogP) is -1.18. The van der Waals surface area contributed by atoms with Gasteiger partial charge in [0, 0.05) is 32.9 Å². The van der Waals surface area contributed by atoms with E-state index >= 15 is 0 Å². The molecule has 0 aromatic heterocycles. The summed E-state index contributed by atoms with van der Waals surface area (Å²) in [6, 6.07) is 0. The quantitative estimate of drug-likeness (QED) is 0.142. The zero-order chi connectivity index (χ0) is 35.7. The molecule has 16 nitrogen and oxygen atoms in total. The molecule has 0 aliphatic carbocycles. The van der Waals surface area contributed by atoms with Crippen LogP contribution in [-0.2, 0) is 0 Å². The van der Waals surface area contributed by atoms with Crippen molar-refractivity contribution in [1.29, 1.82) is 0 Å². The van der Waals surface area contributed by atoms with E-state index in [2.05, 4.69) is 41.5 Å². The van der Waals surface area contributed by atoms with Crippen LogP contribution < -0.4 is 15.3 Å². The van der Waals surface area contributed by atoms with Gasteiger partial charge in [0.25, 0.3) is 0 Å². The molecule has 0 saturated heterocycles. The largest absolute Gasteiger partial charge is 0.652 e. The fourth-order valence-electron chi connectivity index (χ4n) is 1.17. The van der Waals surface area contributed by atoms with Gasteiger partial charge in [-0.2, -0.15) is 0 Å². The summed E-state index contributed by atoms with van der Waals surface area (Å²) in [5.74, 6) is 1.94. The number of aliphatic hydroxyl groups is 5. The monoisotopic (exact) mass is 625 g/mol. The van der Waals surface area contributed by atoms with Gasteiger partial charge >= 0.3 is 6.16 Å². The molecule has 0 aliphatic heterocycles. The SMILES string of the molecule is CC(C)CCO.CC(C)CCO.CC(C)CCO.CN(C)CCO.CN(C)CCO.O=C(O)O.O=C([O-])O.O=C([O-])[O-]. The van der Waals surface area contributed by atoms with Crippen LogP contribution in [0.15, 0.2) is 0 Å². The summed E-state index contributed by atoms with van der Waals surface area (Å²) in [5.41, 5.74) is 0. The van der Waals surface area contributed by atoms with Gasteiger partial charge in [-0.05, 0) is 71.4 Å². The summed E-state index contributed by atoms with van der Waals surface area (Å²) in [6.07, 6.45) is -3.46. The Hall–Kier alpha value is -2.47. The number of carbonyl (C=O) groups excluding carboxylic acids is 1.